The van der Waals surface area contributed by atoms with Crippen LogP contribution in [0.1, 0.15) is 54.4 Å². The summed E-state index contributed by atoms with van der Waals surface area (Å²) in [7, 11) is 0. The van der Waals surface area contributed by atoms with E-state index in [9.17, 15) is 14.7 Å². The molecule has 1 aromatic rings. The van der Waals surface area contributed by atoms with E-state index in [1.807, 2.05) is 20.8 Å². The van der Waals surface area contributed by atoms with Crippen LogP contribution in [-0.4, -0.2) is 16.9 Å². The number of hydrogen-bond donors (Lipinski definition) is 1. The molecule has 0 aliphatic heterocycles. The van der Waals surface area contributed by atoms with E-state index in [-0.39, 0.29) is 12.2 Å². The third kappa shape index (κ3) is 3.02. The third-order valence-electron chi connectivity index (χ3n) is 4.83. The van der Waals surface area contributed by atoms with E-state index in [2.05, 4.69) is 12.1 Å². The number of aliphatic carboxylic acids is 1. The van der Waals surface area contributed by atoms with E-state index in [0.29, 0.717) is 12.8 Å². The molecule has 3 nitrogen and oxygen atoms in total. The molecule has 0 radical (unpaired) electrons. The smallest absolute Gasteiger partial charge is 0.317 e. The molecule has 1 aromatic carbocycles. The Morgan fingerprint density at radius 2 is 1.57 bits per heavy atom. The van der Waals surface area contributed by atoms with Crippen LogP contribution in [0.5, 0.6) is 0 Å². The third-order valence-corrected chi connectivity index (χ3v) is 4.83. The minimum Gasteiger partial charge on any atom is -0.480 e. The quantitative estimate of drug-likeness (QED) is 0.858. The number of Topliss-reactive ketones (excluding diaryl/α,β-unsaturated/α-hetero) is 1. The highest BCUT2D eigenvalue weighted by molar-refractivity contribution is 6.04. The molecule has 0 atom stereocenters. The normalized spacial score (nSPS) is 17.5. The van der Waals surface area contributed by atoms with Crippen molar-refractivity contribution in [1.29, 1.82) is 0 Å². The van der Waals surface area contributed by atoms with Gasteiger partial charge >= 0.3 is 5.97 Å². The fourth-order valence-corrected chi connectivity index (χ4v) is 3.59. The van der Waals surface area contributed by atoms with E-state index < -0.39 is 11.4 Å². The first-order chi connectivity index (χ1) is 9.86. The van der Waals surface area contributed by atoms with Gasteiger partial charge in [-0.05, 0) is 50.3 Å². The van der Waals surface area contributed by atoms with Gasteiger partial charge in [0, 0.05) is 6.42 Å². The van der Waals surface area contributed by atoms with Crippen molar-refractivity contribution in [3.63, 3.8) is 0 Å². The topological polar surface area (TPSA) is 54.4 Å². The summed E-state index contributed by atoms with van der Waals surface area (Å²) in [6.45, 7) is 6.03. The Balaban J connectivity index is 2.30. The highest BCUT2D eigenvalue weighted by Gasteiger charge is 2.46. The maximum atomic E-state index is 12.7. The number of carbonyl (C=O) groups excluding carboxylic acids is 1. The van der Waals surface area contributed by atoms with Gasteiger partial charge in [0.2, 0.25) is 0 Å². The van der Waals surface area contributed by atoms with Crippen molar-refractivity contribution in [1.82, 2.24) is 0 Å². The number of carbonyl (C=O) groups is 2. The van der Waals surface area contributed by atoms with E-state index in [1.54, 1.807) is 0 Å². The minimum absolute atomic E-state index is 0.121. The summed E-state index contributed by atoms with van der Waals surface area (Å²) in [5, 5.41) is 9.60. The van der Waals surface area contributed by atoms with Crippen LogP contribution in [0.3, 0.4) is 0 Å². The molecule has 0 saturated heterocycles. The van der Waals surface area contributed by atoms with Gasteiger partial charge < -0.3 is 5.11 Å². The van der Waals surface area contributed by atoms with Gasteiger partial charge in [0.15, 0.2) is 5.78 Å². The molecule has 21 heavy (non-hydrogen) atoms. The van der Waals surface area contributed by atoms with Gasteiger partial charge in [-0.1, -0.05) is 37.0 Å². The zero-order valence-corrected chi connectivity index (χ0v) is 13.2. The summed E-state index contributed by atoms with van der Waals surface area (Å²) >= 11 is 0. The molecule has 3 heteroatoms. The van der Waals surface area contributed by atoms with Crippen LogP contribution in [0.4, 0.5) is 0 Å². The van der Waals surface area contributed by atoms with Crippen LogP contribution in [-0.2, 0) is 16.0 Å². The molecular formula is C18H24O3. The number of rotatable bonds is 4. The number of carboxylic acid groups (broad SMARTS) is 1. The van der Waals surface area contributed by atoms with Crippen LogP contribution >= 0.6 is 0 Å². The second-order valence-corrected chi connectivity index (χ2v) is 6.43. The van der Waals surface area contributed by atoms with Crippen LogP contribution in [0.15, 0.2) is 12.1 Å². The molecule has 2 rings (SSSR count). The van der Waals surface area contributed by atoms with Gasteiger partial charge in [-0.15, -0.1) is 0 Å². The monoisotopic (exact) mass is 288 g/mol. The van der Waals surface area contributed by atoms with Crippen molar-refractivity contribution >= 4 is 11.8 Å². The van der Waals surface area contributed by atoms with Gasteiger partial charge in [0.05, 0.1) is 0 Å². The lowest BCUT2D eigenvalue weighted by Crippen LogP contribution is -2.42. The molecule has 1 aliphatic rings. The predicted octanol–water partition coefficient (Wildman–Crippen LogP) is 3.76. The summed E-state index contributed by atoms with van der Waals surface area (Å²) in [5.41, 5.74) is 3.18. The molecule has 1 saturated carbocycles. The van der Waals surface area contributed by atoms with Crippen molar-refractivity contribution in [3.05, 3.63) is 34.4 Å². The van der Waals surface area contributed by atoms with E-state index >= 15 is 0 Å². The molecule has 1 fully saturated rings. The zero-order valence-electron chi connectivity index (χ0n) is 13.2. The average Bonchev–Trinajstić information content (AvgIpc) is 2.43. The highest BCUT2D eigenvalue weighted by Crippen LogP contribution is 2.38. The zero-order chi connectivity index (χ0) is 15.6. The van der Waals surface area contributed by atoms with Crippen LogP contribution < -0.4 is 0 Å². The van der Waals surface area contributed by atoms with Crippen LogP contribution in [0.25, 0.3) is 0 Å². The van der Waals surface area contributed by atoms with Crippen molar-refractivity contribution < 1.29 is 14.7 Å². The number of ketones is 1. The molecule has 0 unspecified atom stereocenters. The highest BCUT2D eigenvalue weighted by atomic mass is 16.4. The first-order valence-corrected chi connectivity index (χ1v) is 7.70. The number of hydrogen-bond acceptors (Lipinski definition) is 2. The van der Waals surface area contributed by atoms with E-state index in [4.69, 9.17) is 0 Å². The summed E-state index contributed by atoms with van der Waals surface area (Å²) in [4.78, 5) is 24.5. The lowest BCUT2D eigenvalue weighted by molar-refractivity contribution is -0.157. The lowest BCUT2D eigenvalue weighted by atomic mass is 9.69. The second kappa shape index (κ2) is 6.00. The van der Waals surface area contributed by atoms with Gasteiger partial charge in [-0.25, -0.2) is 0 Å². The molecule has 0 spiro atoms. The van der Waals surface area contributed by atoms with Crippen molar-refractivity contribution in [2.24, 2.45) is 5.41 Å². The minimum atomic E-state index is -1.15. The van der Waals surface area contributed by atoms with Crippen molar-refractivity contribution in [2.75, 3.05) is 0 Å². The largest absolute Gasteiger partial charge is 0.480 e. The van der Waals surface area contributed by atoms with Crippen LogP contribution in [0.2, 0.25) is 0 Å². The Bertz CT molecular complexity index is 543. The maximum Gasteiger partial charge on any atom is 0.317 e. The molecule has 0 amide bonds. The first-order valence-electron chi connectivity index (χ1n) is 7.70. The maximum absolute atomic E-state index is 12.7. The van der Waals surface area contributed by atoms with Gasteiger partial charge in [0.25, 0.3) is 0 Å². The van der Waals surface area contributed by atoms with Gasteiger partial charge in [-0.2, -0.15) is 0 Å². The predicted molar refractivity (Wildman–Crippen MR) is 82.5 cm³/mol. The van der Waals surface area contributed by atoms with E-state index in [1.165, 1.54) is 5.56 Å². The molecular weight excluding hydrogens is 264 g/mol. The molecule has 1 aliphatic carbocycles. The molecule has 0 heterocycles. The van der Waals surface area contributed by atoms with Gasteiger partial charge in [0.1, 0.15) is 5.41 Å². The Morgan fingerprint density at radius 1 is 1.05 bits per heavy atom. The average molecular weight is 288 g/mol. The Labute approximate surface area is 126 Å². The number of carboxylic acids is 1. The Morgan fingerprint density at radius 3 is 2.05 bits per heavy atom. The van der Waals surface area contributed by atoms with Gasteiger partial charge in [-0.3, -0.25) is 9.59 Å². The molecule has 1 N–H and O–H groups in total. The lowest BCUT2D eigenvalue weighted by Gasteiger charge is -2.32. The summed E-state index contributed by atoms with van der Waals surface area (Å²) in [5.74, 6) is -1.06. The molecule has 0 bridgehead atoms. The molecule has 114 valence electrons. The molecule has 0 aromatic heterocycles. The number of aryl methyl sites for hydroxylation is 3. The summed E-state index contributed by atoms with van der Waals surface area (Å²) in [6, 6.07) is 4.12. The summed E-state index contributed by atoms with van der Waals surface area (Å²) in [6.07, 6.45) is 3.93. The van der Waals surface area contributed by atoms with Crippen molar-refractivity contribution in [3.8, 4) is 0 Å². The fraction of sp³-hybridized carbons (Fsp3) is 0.556. The SMILES string of the molecule is Cc1cc(C)c(CC(=O)C2(C(=O)O)CCCCC2)c(C)c1. The standard InChI is InChI=1S/C18H24O3/c1-12-9-13(2)15(14(3)10-12)11-16(19)18(17(20)21)7-5-4-6-8-18/h9-10H,4-8,11H2,1-3H3,(H,20,21). The van der Waals surface area contributed by atoms with Crippen molar-refractivity contribution in [2.45, 2.75) is 59.3 Å². The van der Waals surface area contributed by atoms with E-state index in [0.717, 1.165) is 36.0 Å². The second-order valence-electron chi connectivity index (χ2n) is 6.43. The fourth-order valence-electron chi connectivity index (χ4n) is 3.59. The summed E-state index contributed by atoms with van der Waals surface area (Å²) < 4.78 is 0. The Kier molecular flexibility index (Phi) is 4.50. The first kappa shape index (κ1) is 15.7. The Hall–Kier alpha value is -1.64. The van der Waals surface area contributed by atoms with Crippen LogP contribution in [0, 0.1) is 26.2 Å². The number of benzene rings is 1.